The molecule has 25 heavy (non-hydrogen) atoms. The lowest BCUT2D eigenvalue weighted by molar-refractivity contribution is 0.0949. The van der Waals surface area contributed by atoms with E-state index in [0.29, 0.717) is 12.2 Å². The second-order valence-corrected chi connectivity index (χ2v) is 5.39. The highest BCUT2D eigenvalue weighted by molar-refractivity contribution is 5.92. The molecule has 2 aromatic carbocycles. The summed E-state index contributed by atoms with van der Waals surface area (Å²) in [6, 6.07) is 17.4. The maximum Gasteiger partial charge on any atom is 0.270 e. The van der Waals surface area contributed by atoms with Crippen LogP contribution in [0, 0.1) is 5.82 Å². The van der Waals surface area contributed by atoms with Crippen molar-refractivity contribution in [1.29, 1.82) is 0 Å². The quantitative estimate of drug-likeness (QED) is 0.724. The van der Waals surface area contributed by atoms with Crippen LogP contribution in [-0.2, 0) is 6.42 Å². The summed E-state index contributed by atoms with van der Waals surface area (Å²) < 4.78 is 13.2. The first kappa shape index (κ1) is 16.6. The number of carbonyl (C=O) groups excluding carboxylic acids is 1. The fourth-order valence-electron chi connectivity index (χ4n) is 2.30. The van der Waals surface area contributed by atoms with Crippen LogP contribution in [0.1, 0.15) is 16.1 Å². The second kappa shape index (κ2) is 8.01. The maximum atomic E-state index is 13.2. The molecule has 0 aliphatic carbocycles. The van der Waals surface area contributed by atoms with Crippen LogP contribution in [0.5, 0.6) is 0 Å². The molecule has 0 saturated carbocycles. The van der Waals surface area contributed by atoms with Gasteiger partial charge in [-0.1, -0.05) is 36.4 Å². The number of hydrogen-bond donors (Lipinski definition) is 2. The molecule has 5 nitrogen and oxygen atoms in total. The van der Waals surface area contributed by atoms with Crippen molar-refractivity contribution < 1.29 is 9.18 Å². The SMILES string of the molecule is O=C(NCCc1ccccc1)c1ccnc(Nc2cccc(F)c2)n1. The summed E-state index contributed by atoms with van der Waals surface area (Å²) in [6.07, 6.45) is 2.23. The molecule has 0 unspecified atom stereocenters. The van der Waals surface area contributed by atoms with Crippen LogP contribution in [0.4, 0.5) is 16.0 Å². The summed E-state index contributed by atoms with van der Waals surface area (Å²) in [5.74, 6) is -0.401. The number of hydrogen-bond acceptors (Lipinski definition) is 4. The van der Waals surface area contributed by atoms with Gasteiger partial charge in [0, 0.05) is 18.4 Å². The van der Waals surface area contributed by atoms with Gasteiger partial charge in [0.2, 0.25) is 5.95 Å². The van der Waals surface area contributed by atoms with Crippen LogP contribution >= 0.6 is 0 Å². The highest BCUT2D eigenvalue weighted by atomic mass is 19.1. The number of benzene rings is 2. The van der Waals surface area contributed by atoms with Crippen molar-refractivity contribution in [2.45, 2.75) is 6.42 Å². The van der Waals surface area contributed by atoms with Gasteiger partial charge < -0.3 is 10.6 Å². The zero-order valence-corrected chi connectivity index (χ0v) is 13.4. The third-order valence-corrected chi connectivity index (χ3v) is 3.51. The first-order chi connectivity index (χ1) is 12.2. The number of nitrogens with one attached hydrogen (secondary N) is 2. The third-order valence-electron chi connectivity index (χ3n) is 3.51. The molecule has 2 N–H and O–H groups in total. The van der Waals surface area contributed by atoms with Crippen LogP contribution in [0.2, 0.25) is 0 Å². The lowest BCUT2D eigenvalue weighted by atomic mass is 10.1. The summed E-state index contributed by atoms with van der Waals surface area (Å²) in [6.45, 7) is 0.513. The van der Waals surface area contributed by atoms with Crippen molar-refractivity contribution in [2.75, 3.05) is 11.9 Å². The van der Waals surface area contributed by atoms with Gasteiger partial charge in [-0.2, -0.15) is 0 Å². The third kappa shape index (κ3) is 4.84. The Morgan fingerprint density at radius 3 is 2.68 bits per heavy atom. The molecule has 0 radical (unpaired) electrons. The van der Waals surface area contributed by atoms with Gasteiger partial charge >= 0.3 is 0 Å². The van der Waals surface area contributed by atoms with E-state index in [-0.39, 0.29) is 23.4 Å². The molecule has 0 fully saturated rings. The molecule has 0 spiro atoms. The van der Waals surface area contributed by atoms with E-state index in [4.69, 9.17) is 0 Å². The van der Waals surface area contributed by atoms with Crippen LogP contribution < -0.4 is 10.6 Å². The summed E-state index contributed by atoms with van der Waals surface area (Å²) in [5.41, 5.74) is 1.92. The Kier molecular flexibility index (Phi) is 5.31. The minimum atomic E-state index is -0.361. The highest BCUT2D eigenvalue weighted by Gasteiger charge is 2.08. The smallest absolute Gasteiger partial charge is 0.270 e. The Morgan fingerprint density at radius 2 is 1.88 bits per heavy atom. The Labute approximate surface area is 145 Å². The number of aromatic nitrogens is 2. The molecule has 1 heterocycles. The zero-order valence-electron chi connectivity index (χ0n) is 13.4. The molecule has 0 aliphatic rings. The fraction of sp³-hybridized carbons (Fsp3) is 0.105. The predicted octanol–water partition coefficient (Wildman–Crippen LogP) is 3.33. The number of carbonyl (C=O) groups is 1. The van der Waals surface area contributed by atoms with E-state index in [1.165, 1.54) is 24.4 Å². The lowest BCUT2D eigenvalue weighted by Gasteiger charge is -2.07. The van der Waals surface area contributed by atoms with E-state index in [1.807, 2.05) is 30.3 Å². The number of rotatable bonds is 6. The molecule has 1 amide bonds. The van der Waals surface area contributed by atoms with E-state index in [2.05, 4.69) is 20.6 Å². The number of anilines is 2. The molecular formula is C19H17FN4O. The molecule has 1 aromatic heterocycles. The van der Waals surface area contributed by atoms with Gasteiger partial charge in [-0.15, -0.1) is 0 Å². The van der Waals surface area contributed by atoms with Crippen molar-refractivity contribution in [3.05, 3.63) is 83.9 Å². The summed E-state index contributed by atoms with van der Waals surface area (Å²) in [7, 11) is 0. The van der Waals surface area contributed by atoms with Crippen LogP contribution in [0.3, 0.4) is 0 Å². The van der Waals surface area contributed by atoms with Crippen molar-refractivity contribution >= 4 is 17.5 Å². The Morgan fingerprint density at radius 1 is 1.04 bits per heavy atom. The molecule has 0 aliphatic heterocycles. The first-order valence-electron chi connectivity index (χ1n) is 7.88. The fourth-order valence-corrected chi connectivity index (χ4v) is 2.30. The zero-order chi connectivity index (χ0) is 17.5. The van der Waals surface area contributed by atoms with Crippen molar-refractivity contribution in [3.63, 3.8) is 0 Å². The largest absolute Gasteiger partial charge is 0.350 e. The minimum Gasteiger partial charge on any atom is -0.350 e. The molecule has 126 valence electrons. The first-order valence-corrected chi connectivity index (χ1v) is 7.88. The number of amides is 1. The monoisotopic (exact) mass is 336 g/mol. The average molecular weight is 336 g/mol. The molecule has 6 heteroatoms. The van der Waals surface area contributed by atoms with Gasteiger partial charge in [0.25, 0.3) is 5.91 Å². The van der Waals surface area contributed by atoms with E-state index >= 15 is 0 Å². The summed E-state index contributed by atoms with van der Waals surface area (Å²) in [5, 5.41) is 5.71. The second-order valence-electron chi connectivity index (χ2n) is 5.39. The van der Waals surface area contributed by atoms with Crippen LogP contribution in [0.15, 0.2) is 66.9 Å². The van der Waals surface area contributed by atoms with E-state index in [9.17, 15) is 9.18 Å². The summed E-state index contributed by atoms with van der Waals surface area (Å²) in [4.78, 5) is 20.4. The Balaban J connectivity index is 1.59. The van der Waals surface area contributed by atoms with E-state index in [0.717, 1.165) is 12.0 Å². The van der Waals surface area contributed by atoms with Crippen molar-refractivity contribution in [1.82, 2.24) is 15.3 Å². The molecule has 0 bridgehead atoms. The van der Waals surface area contributed by atoms with Crippen molar-refractivity contribution in [3.8, 4) is 0 Å². The number of nitrogens with zero attached hydrogens (tertiary/aromatic N) is 2. The van der Waals surface area contributed by atoms with Gasteiger partial charge in [0.15, 0.2) is 0 Å². The predicted molar refractivity (Wildman–Crippen MR) is 94.2 cm³/mol. The molecule has 3 rings (SSSR count). The Hall–Kier alpha value is -3.28. The molecular weight excluding hydrogens is 319 g/mol. The number of halogens is 1. The summed E-state index contributed by atoms with van der Waals surface area (Å²) >= 11 is 0. The highest BCUT2D eigenvalue weighted by Crippen LogP contribution is 2.14. The van der Waals surface area contributed by atoms with Gasteiger partial charge in [0.05, 0.1) is 0 Å². The van der Waals surface area contributed by atoms with Crippen molar-refractivity contribution in [2.24, 2.45) is 0 Å². The van der Waals surface area contributed by atoms with Gasteiger partial charge in [-0.25, -0.2) is 14.4 Å². The van der Waals surface area contributed by atoms with Crippen LogP contribution in [-0.4, -0.2) is 22.4 Å². The van der Waals surface area contributed by atoms with Gasteiger partial charge in [-0.3, -0.25) is 4.79 Å². The van der Waals surface area contributed by atoms with Gasteiger partial charge in [0.1, 0.15) is 11.5 Å². The molecule has 0 saturated heterocycles. The molecule has 0 atom stereocenters. The van der Waals surface area contributed by atoms with Crippen LogP contribution in [0.25, 0.3) is 0 Å². The minimum absolute atomic E-state index is 0.237. The maximum absolute atomic E-state index is 13.2. The van der Waals surface area contributed by atoms with E-state index < -0.39 is 0 Å². The van der Waals surface area contributed by atoms with E-state index in [1.54, 1.807) is 12.1 Å². The normalized spacial score (nSPS) is 10.3. The average Bonchev–Trinajstić information content (AvgIpc) is 2.63. The van der Waals surface area contributed by atoms with Gasteiger partial charge in [-0.05, 0) is 36.2 Å². The topological polar surface area (TPSA) is 66.9 Å². The lowest BCUT2D eigenvalue weighted by Crippen LogP contribution is -2.26. The standard InChI is InChI=1S/C19H17FN4O/c20-15-7-4-8-16(13-15)23-19-22-12-10-17(24-19)18(25)21-11-9-14-5-2-1-3-6-14/h1-8,10,12-13H,9,11H2,(H,21,25)(H,22,23,24). The molecule has 3 aromatic rings. The Bertz CT molecular complexity index is 855.